The summed E-state index contributed by atoms with van der Waals surface area (Å²) in [5.74, 6) is -0.577. The molecular weight excluding hydrogens is 353 g/mol. The normalized spacial score (nSPS) is 10.8. The molecule has 0 unspecified atom stereocenters. The van der Waals surface area contributed by atoms with Gasteiger partial charge in [0.05, 0.1) is 11.8 Å². The average Bonchev–Trinajstić information content (AvgIpc) is 2.58. The van der Waals surface area contributed by atoms with Crippen molar-refractivity contribution in [1.82, 2.24) is 15.0 Å². The molecule has 1 aromatic heterocycles. The Morgan fingerprint density at radius 3 is 2.54 bits per heavy atom. The van der Waals surface area contributed by atoms with Crippen molar-refractivity contribution in [2.24, 2.45) is 0 Å². The molecule has 3 rings (SSSR count). The smallest absolute Gasteiger partial charge is 0.312 e. The van der Waals surface area contributed by atoms with Crippen molar-refractivity contribution in [1.29, 1.82) is 0 Å². The van der Waals surface area contributed by atoms with Gasteiger partial charge in [0.15, 0.2) is 6.73 Å². The van der Waals surface area contributed by atoms with Crippen LogP contribution >= 0.6 is 23.2 Å². The molecule has 0 spiro atoms. The average molecular weight is 364 g/mol. The van der Waals surface area contributed by atoms with Gasteiger partial charge in [-0.2, -0.15) is 4.68 Å². The van der Waals surface area contributed by atoms with Crippen molar-refractivity contribution in [3.63, 3.8) is 0 Å². The van der Waals surface area contributed by atoms with E-state index in [2.05, 4.69) is 10.3 Å². The third kappa shape index (κ3) is 3.39. The van der Waals surface area contributed by atoms with Crippen molar-refractivity contribution in [2.45, 2.75) is 13.2 Å². The van der Waals surface area contributed by atoms with E-state index >= 15 is 0 Å². The molecule has 0 aliphatic heterocycles. The van der Waals surface area contributed by atoms with Gasteiger partial charge in [-0.3, -0.25) is 9.59 Å². The van der Waals surface area contributed by atoms with Crippen LogP contribution in [0.15, 0.2) is 47.3 Å². The highest BCUT2D eigenvalue weighted by Crippen LogP contribution is 2.24. The Labute approximate surface area is 146 Å². The Morgan fingerprint density at radius 1 is 1.08 bits per heavy atom. The van der Waals surface area contributed by atoms with E-state index in [1.165, 1.54) is 0 Å². The fourth-order valence-electron chi connectivity index (χ4n) is 2.14. The van der Waals surface area contributed by atoms with E-state index in [-0.39, 0.29) is 18.7 Å². The number of ether oxygens (including phenoxy) is 1. The van der Waals surface area contributed by atoms with E-state index in [0.29, 0.717) is 26.5 Å². The van der Waals surface area contributed by atoms with Gasteiger partial charge in [-0.15, -0.1) is 5.10 Å². The summed E-state index contributed by atoms with van der Waals surface area (Å²) in [5.41, 5.74) is 0.569. The summed E-state index contributed by atoms with van der Waals surface area (Å²) in [6.07, 6.45) is -0.103. The molecule has 122 valence electrons. The molecule has 0 N–H and O–H groups in total. The molecule has 0 amide bonds. The number of aromatic nitrogens is 3. The molecule has 0 bridgehead atoms. The highest BCUT2D eigenvalue weighted by Gasteiger charge is 2.13. The second kappa shape index (κ2) is 6.98. The van der Waals surface area contributed by atoms with Gasteiger partial charge < -0.3 is 4.74 Å². The SMILES string of the molecule is O=C(Cc1c(Cl)cccc1Cl)OCn1nnc2ccccc2c1=O. The Morgan fingerprint density at radius 2 is 1.79 bits per heavy atom. The third-order valence-electron chi connectivity index (χ3n) is 3.36. The first kappa shape index (κ1) is 16.4. The minimum atomic E-state index is -0.577. The number of rotatable bonds is 4. The van der Waals surface area contributed by atoms with Crippen molar-refractivity contribution in [2.75, 3.05) is 0 Å². The Balaban J connectivity index is 1.73. The molecule has 0 aliphatic rings. The summed E-state index contributed by atoms with van der Waals surface area (Å²) >= 11 is 12.0. The molecule has 0 fully saturated rings. The van der Waals surface area contributed by atoms with E-state index in [1.54, 1.807) is 42.5 Å². The first-order valence-electron chi connectivity index (χ1n) is 6.97. The number of esters is 1. The van der Waals surface area contributed by atoms with Crippen LogP contribution in [-0.4, -0.2) is 21.0 Å². The van der Waals surface area contributed by atoms with Crippen LogP contribution in [0.1, 0.15) is 5.56 Å². The number of nitrogens with zero attached hydrogens (tertiary/aromatic N) is 3. The number of halogens is 2. The summed E-state index contributed by atoms with van der Waals surface area (Å²) in [5, 5.41) is 8.81. The molecule has 6 nitrogen and oxygen atoms in total. The van der Waals surface area contributed by atoms with Crippen molar-refractivity contribution in [3.05, 3.63) is 68.4 Å². The predicted octanol–water partition coefficient (Wildman–Crippen LogP) is 2.84. The van der Waals surface area contributed by atoms with Crippen LogP contribution in [0.4, 0.5) is 0 Å². The Bertz CT molecular complexity index is 952. The summed E-state index contributed by atoms with van der Waals surface area (Å²) in [6, 6.07) is 11.7. The monoisotopic (exact) mass is 363 g/mol. The van der Waals surface area contributed by atoms with E-state index in [0.717, 1.165) is 4.68 Å². The molecule has 0 saturated carbocycles. The summed E-state index contributed by atoms with van der Waals surface area (Å²) in [7, 11) is 0. The molecular formula is C16H11Cl2N3O3. The lowest BCUT2D eigenvalue weighted by Gasteiger charge is -2.08. The maximum atomic E-state index is 12.2. The van der Waals surface area contributed by atoms with Crippen molar-refractivity contribution in [3.8, 4) is 0 Å². The van der Waals surface area contributed by atoms with Gasteiger partial charge in [-0.1, -0.05) is 46.6 Å². The number of hydrogen-bond donors (Lipinski definition) is 0. The van der Waals surface area contributed by atoms with Crippen molar-refractivity contribution >= 4 is 40.1 Å². The fraction of sp³-hybridized carbons (Fsp3) is 0.125. The zero-order valence-electron chi connectivity index (χ0n) is 12.3. The maximum absolute atomic E-state index is 12.2. The van der Waals surface area contributed by atoms with Crippen LogP contribution in [0.3, 0.4) is 0 Å². The maximum Gasteiger partial charge on any atom is 0.312 e. The number of carbonyl (C=O) groups excluding carboxylic acids is 1. The van der Waals surface area contributed by atoms with Gasteiger partial charge in [0, 0.05) is 15.6 Å². The molecule has 3 aromatic rings. The lowest BCUT2D eigenvalue weighted by molar-refractivity contribution is -0.147. The Hall–Kier alpha value is -2.44. The zero-order chi connectivity index (χ0) is 17.1. The number of carbonyl (C=O) groups is 1. The lowest BCUT2D eigenvalue weighted by Crippen LogP contribution is -2.27. The molecule has 0 saturated heterocycles. The highest BCUT2D eigenvalue weighted by atomic mass is 35.5. The standard InChI is InChI=1S/C16H11Cl2N3O3/c17-12-5-3-6-13(18)11(12)8-15(22)24-9-21-16(23)10-4-1-2-7-14(10)19-20-21/h1-7H,8-9H2. The van der Waals surface area contributed by atoms with Crippen LogP contribution in [0.25, 0.3) is 10.9 Å². The molecule has 24 heavy (non-hydrogen) atoms. The van der Waals surface area contributed by atoms with Gasteiger partial charge >= 0.3 is 5.97 Å². The number of benzene rings is 2. The molecule has 0 radical (unpaired) electrons. The highest BCUT2D eigenvalue weighted by molar-refractivity contribution is 6.36. The number of fused-ring (bicyclic) bond motifs is 1. The summed E-state index contributed by atoms with van der Waals surface area (Å²) in [4.78, 5) is 24.2. The molecule has 2 aromatic carbocycles. The van der Waals surface area contributed by atoms with Crippen molar-refractivity contribution < 1.29 is 9.53 Å². The van der Waals surface area contributed by atoms with Gasteiger partial charge in [-0.25, -0.2) is 0 Å². The topological polar surface area (TPSA) is 74.1 Å². The third-order valence-corrected chi connectivity index (χ3v) is 4.07. The fourth-order valence-corrected chi connectivity index (χ4v) is 2.67. The quantitative estimate of drug-likeness (QED) is 0.666. The van der Waals surface area contributed by atoms with Gasteiger partial charge in [-0.05, 0) is 24.3 Å². The molecule has 8 heteroatoms. The molecule has 0 aliphatic carbocycles. The van der Waals surface area contributed by atoms with Crippen LogP contribution in [0, 0.1) is 0 Å². The van der Waals surface area contributed by atoms with Crippen LogP contribution in [-0.2, 0) is 22.7 Å². The van der Waals surface area contributed by atoms with Crippen LogP contribution < -0.4 is 5.56 Å². The Kier molecular flexibility index (Phi) is 4.78. The van der Waals surface area contributed by atoms with Crippen LogP contribution in [0.5, 0.6) is 0 Å². The number of hydrogen-bond acceptors (Lipinski definition) is 5. The molecule has 0 atom stereocenters. The molecule has 1 heterocycles. The largest absolute Gasteiger partial charge is 0.442 e. The first-order chi connectivity index (χ1) is 11.6. The van der Waals surface area contributed by atoms with E-state index in [1.807, 2.05) is 0 Å². The van der Waals surface area contributed by atoms with E-state index in [9.17, 15) is 9.59 Å². The minimum Gasteiger partial charge on any atom is -0.442 e. The summed E-state index contributed by atoms with van der Waals surface area (Å²) in [6.45, 7) is -0.336. The van der Waals surface area contributed by atoms with Crippen LogP contribution in [0.2, 0.25) is 10.0 Å². The second-order valence-corrected chi connectivity index (χ2v) is 5.75. The van der Waals surface area contributed by atoms with Gasteiger partial charge in [0.25, 0.3) is 5.56 Å². The van der Waals surface area contributed by atoms with E-state index < -0.39 is 5.97 Å². The first-order valence-corrected chi connectivity index (χ1v) is 7.73. The van der Waals surface area contributed by atoms with Gasteiger partial charge in [0.2, 0.25) is 0 Å². The zero-order valence-corrected chi connectivity index (χ0v) is 13.8. The summed E-state index contributed by atoms with van der Waals surface area (Å²) < 4.78 is 6.06. The minimum absolute atomic E-state index is 0.103. The predicted molar refractivity (Wildman–Crippen MR) is 90.1 cm³/mol. The van der Waals surface area contributed by atoms with Gasteiger partial charge in [0.1, 0.15) is 5.52 Å². The second-order valence-electron chi connectivity index (χ2n) is 4.93. The lowest BCUT2D eigenvalue weighted by atomic mass is 10.1. The van der Waals surface area contributed by atoms with E-state index in [4.69, 9.17) is 27.9 Å².